The van der Waals surface area contributed by atoms with Gasteiger partial charge in [0.1, 0.15) is 0 Å². The molecular weight excluding hydrogens is 391 g/mol. The number of rotatable bonds is 2. The van der Waals surface area contributed by atoms with Crippen LogP contribution >= 0.6 is 54.8 Å². The van der Waals surface area contributed by atoms with Gasteiger partial charge in [0, 0.05) is 10.0 Å². The fourth-order valence-electron chi connectivity index (χ4n) is 1.12. The predicted octanol–water partition coefficient (Wildman–Crippen LogP) is 4.57. The van der Waals surface area contributed by atoms with Crippen LogP contribution in [-0.4, -0.2) is 10.9 Å². The highest BCUT2D eigenvalue weighted by Crippen LogP contribution is 2.25. The molecule has 1 amide bonds. The predicted molar refractivity (Wildman–Crippen MR) is 76.9 cm³/mol. The first kappa shape index (κ1) is 13.0. The summed E-state index contributed by atoms with van der Waals surface area (Å²) in [5, 5.41) is 3.73. The first-order valence-corrected chi connectivity index (χ1v) is 7.22. The molecule has 2 rings (SSSR count). The molecule has 88 valence electrons. The molecule has 0 radical (unpaired) electrons. The van der Waals surface area contributed by atoms with Crippen molar-refractivity contribution < 1.29 is 4.79 Å². The van der Waals surface area contributed by atoms with E-state index in [1.807, 2.05) is 0 Å². The Labute approximate surface area is 123 Å². The first-order valence-electron chi connectivity index (χ1n) is 4.44. The van der Waals surface area contributed by atoms with Gasteiger partial charge >= 0.3 is 0 Å². The van der Waals surface area contributed by atoms with Crippen LogP contribution in [0, 0.1) is 0 Å². The van der Waals surface area contributed by atoms with Crippen LogP contribution in [-0.2, 0) is 0 Å². The van der Waals surface area contributed by atoms with E-state index in [-0.39, 0.29) is 5.91 Å². The van der Waals surface area contributed by atoms with Gasteiger partial charge in [-0.1, -0.05) is 22.9 Å². The molecule has 0 aliphatic heterocycles. The highest BCUT2D eigenvalue weighted by molar-refractivity contribution is 9.11. The van der Waals surface area contributed by atoms with Crippen LogP contribution in [0.25, 0.3) is 0 Å². The first-order chi connectivity index (χ1) is 8.06. The van der Waals surface area contributed by atoms with Gasteiger partial charge in [-0.2, -0.15) is 0 Å². The molecule has 2 aromatic rings. The number of anilines is 1. The Balaban J connectivity index is 2.17. The molecule has 0 aliphatic rings. The zero-order valence-electron chi connectivity index (χ0n) is 8.21. The molecule has 7 heteroatoms. The van der Waals surface area contributed by atoms with Crippen LogP contribution < -0.4 is 5.32 Å². The number of hydrogen-bond acceptors (Lipinski definition) is 3. The minimum atomic E-state index is -0.235. The lowest BCUT2D eigenvalue weighted by atomic mass is 10.2. The van der Waals surface area contributed by atoms with E-state index in [1.165, 1.54) is 11.3 Å². The molecular formula is C10H5Br2ClN2OS. The van der Waals surface area contributed by atoms with Crippen molar-refractivity contribution in [2.45, 2.75) is 0 Å². The number of aromatic nitrogens is 1. The fourth-order valence-corrected chi connectivity index (χ4v) is 2.65. The van der Waals surface area contributed by atoms with Gasteiger partial charge in [-0.15, -0.1) is 0 Å². The number of halogens is 3. The molecule has 0 saturated heterocycles. The summed E-state index contributed by atoms with van der Waals surface area (Å²) in [5.41, 5.74) is 0.490. The molecule has 17 heavy (non-hydrogen) atoms. The van der Waals surface area contributed by atoms with Crippen molar-refractivity contribution in [1.82, 2.24) is 4.98 Å². The van der Waals surface area contributed by atoms with Crippen molar-refractivity contribution in [1.29, 1.82) is 0 Å². The topological polar surface area (TPSA) is 42.0 Å². The van der Waals surface area contributed by atoms with Crippen molar-refractivity contribution in [3.05, 3.63) is 43.2 Å². The van der Waals surface area contributed by atoms with Gasteiger partial charge in [0.15, 0.2) is 5.13 Å². The van der Waals surface area contributed by atoms with Gasteiger partial charge in [-0.05, 0) is 50.1 Å². The Morgan fingerprint density at radius 1 is 1.41 bits per heavy atom. The standard InChI is InChI=1S/C10H5Br2ClN2OS/c11-6-2-1-5(3-7(6)13)9(16)15-10-14-4-8(12)17-10/h1-4H,(H,14,15,16). The van der Waals surface area contributed by atoms with Crippen LogP contribution in [0.3, 0.4) is 0 Å². The number of amides is 1. The van der Waals surface area contributed by atoms with E-state index in [0.29, 0.717) is 15.7 Å². The molecule has 3 nitrogen and oxygen atoms in total. The van der Waals surface area contributed by atoms with Gasteiger partial charge in [-0.3, -0.25) is 10.1 Å². The van der Waals surface area contributed by atoms with E-state index < -0.39 is 0 Å². The minimum Gasteiger partial charge on any atom is -0.298 e. The van der Waals surface area contributed by atoms with E-state index in [1.54, 1.807) is 24.4 Å². The van der Waals surface area contributed by atoms with Crippen LogP contribution in [0.5, 0.6) is 0 Å². The Morgan fingerprint density at radius 2 is 2.18 bits per heavy atom. The quantitative estimate of drug-likeness (QED) is 0.808. The maximum atomic E-state index is 11.9. The largest absolute Gasteiger partial charge is 0.298 e. The third-order valence-electron chi connectivity index (χ3n) is 1.88. The molecule has 0 atom stereocenters. The van der Waals surface area contributed by atoms with Crippen molar-refractivity contribution in [2.75, 3.05) is 5.32 Å². The molecule has 0 bridgehead atoms. The number of nitrogens with one attached hydrogen (secondary N) is 1. The lowest BCUT2D eigenvalue weighted by molar-refractivity contribution is 0.102. The normalized spacial score (nSPS) is 10.3. The number of carbonyl (C=O) groups excluding carboxylic acids is 1. The van der Waals surface area contributed by atoms with Gasteiger partial charge in [0.25, 0.3) is 5.91 Å². The number of nitrogens with zero attached hydrogens (tertiary/aromatic N) is 1. The van der Waals surface area contributed by atoms with Gasteiger partial charge in [-0.25, -0.2) is 4.98 Å². The maximum Gasteiger partial charge on any atom is 0.257 e. The lowest BCUT2D eigenvalue weighted by Crippen LogP contribution is -2.11. The number of carbonyl (C=O) groups is 1. The Bertz CT molecular complexity index is 573. The van der Waals surface area contributed by atoms with E-state index in [9.17, 15) is 4.79 Å². The van der Waals surface area contributed by atoms with E-state index in [2.05, 4.69) is 42.2 Å². The van der Waals surface area contributed by atoms with E-state index in [4.69, 9.17) is 11.6 Å². The second kappa shape index (κ2) is 5.48. The molecule has 0 saturated carbocycles. The van der Waals surface area contributed by atoms with Crippen molar-refractivity contribution >= 4 is 65.8 Å². The van der Waals surface area contributed by atoms with Gasteiger partial charge < -0.3 is 0 Å². The van der Waals surface area contributed by atoms with Gasteiger partial charge in [0.2, 0.25) is 0 Å². The summed E-state index contributed by atoms with van der Waals surface area (Å²) in [4.78, 5) is 15.9. The van der Waals surface area contributed by atoms with Crippen molar-refractivity contribution in [3.8, 4) is 0 Å². The maximum absolute atomic E-state index is 11.9. The molecule has 0 unspecified atom stereocenters. The highest BCUT2D eigenvalue weighted by atomic mass is 79.9. The molecule has 0 aliphatic carbocycles. The van der Waals surface area contributed by atoms with Crippen LogP contribution in [0.1, 0.15) is 10.4 Å². The smallest absolute Gasteiger partial charge is 0.257 e. The molecule has 0 spiro atoms. The number of benzene rings is 1. The third-order valence-corrected chi connectivity index (χ3v) is 4.50. The Kier molecular flexibility index (Phi) is 4.19. The van der Waals surface area contributed by atoms with Crippen molar-refractivity contribution in [3.63, 3.8) is 0 Å². The zero-order chi connectivity index (χ0) is 12.4. The summed E-state index contributed by atoms with van der Waals surface area (Å²) in [6.45, 7) is 0. The minimum absolute atomic E-state index is 0.235. The second-order valence-corrected chi connectivity index (χ2v) is 6.72. The number of hydrogen-bond donors (Lipinski definition) is 1. The SMILES string of the molecule is O=C(Nc1ncc(Br)s1)c1ccc(Br)c(Cl)c1. The highest BCUT2D eigenvalue weighted by Gasteiger charge is 2.10. The van der Waals surface area contributed by atoms with Gasteiger partial charge in [0.05, 0.1) is 15.0 Å². The summed E-state index contributed by atoms with van der Waals surface area (Å²) in [5.74, 6) is -0.235. The molecule has 0 fully saturated rings. The van der Waals surface area contributed by atoms with Crippen molar-refractivity contribution in [2.24, 2.45) is 0 Å². The third kappa shape index (κ3) is 3.28. The van der Waals surface area contributed by atoms with Crippen LogP contribution in [0.2, 0.25) is 5.02 Å². The summed E-state index contributed by atoms with van der Waals surface area (Å²) in [6, 6.07) is 5.02. The number of thiazole rings is 1. The molecule has 1 N–H and O–H groups in total. The summed E-state index contributed by atoms with van der Waals surface area (Å²) < 4.78 is 1.62. The Hall–Kier alpha value is -0.430. The molecule has 1 heterocycles. The Morgan fingerprint density at radius 3 is 2.76 bits per heavy atom. The fraction of sp³-hybridized carbons (Fsp3) is 0. The summed E-state index contributed by atoms with van der Waals surface area (Å²) in [6.07, 6.45) is 1.63. The van der Waals surface area contributed by atoms with Crippen LogP contribution in [0.4, 0.5) is 5.13 Å². The molecule has 1 aromatic carbocycles. The summed E-state index contributed by atoms with van der Waals surface area (Å²) >= 11 is 13.8. The van der Waals surface area contributed by atoms with E-state index in [0.717, 1.165) is 8.26 Å². The monoisotopic (exact) mass is 394 g/mol. The zero-order valence-corrected chi connectivity index (χ0v) is 13.0. The average molecular weight is 396 g/mol. The second-order valence-electron chi connectivity index (χ2n) is 3.05. The van der Waals surface area contributed by atoms with E-state index >= 15 is 0 Å². The average Bonchev–Trinajstić information content (AvgIpc) is 2.68. The summed E-state index contributed by atoms with van der Waals surface area (Å²) in [7, 11) is 0. The van der Waals surface area contributed by atoms with Crippen LogP contribution in [0.15, 0.2) is 32.7 Å². The molecule has 1 aromatic heterocycles. The lowest BCUT2D eigenvalue weighted by Gasteiger charge is -2.03.